The second-order valence-corrected chi connectivity index (χ2v) is 19.4. The van der Waals surface area contributed by atoms with Crippen molar-refractivity contribution in [1.82, 2.24) is 0 Å². The Bertz CT molecular complexity index is 1230. The van der Waals surface area contributed by atoms with Gasteiger partial charge in [0.2, 0.25) is 0 Å². The Balaban J connectivity index is 2.16. The minimum absolute atomic E-state index is 0.114. The summed E-state index contributed by atoms with van der Waals surface area (Å²) in [5, 5.41) is 40.3. The Morgan fingerprint density at radius 2 is 0.897 bits per heavy atom. The van der Waals surface area contributed by atoms with Crippen molar-refractivity contribution in [3.8, 4) is 0 Å². The van der Waals surface area contributed by atoms with Crippen LogP contribution < -0.4 is 0 Å². The lowest BCUT2D eigenvalue weighted by atomic mass is 9.99. The lowest BCUT2D eigenvalue weighted by molar-refractivity contribution is -0.305. The molecular formula is C59H106O9. The maximum absolute atomic E-state index is 12.9. The second-order valence-electron chi connectivity index (χ2n) is 19.4. The largest absolute Gasteiger partial charge is 0.457 e. The third kappa shape index (κ3) is 39.6. The van der Waals surface area contributed by atoms with Gasteiger partial charge in [-0.05, 0) is 57.8 Å². The molecule has 4 N–H and O–H groups in total. The first-order valence-corrected chi connectivity index (χ1v) is 28.4. The number of rotatable bonds is 49. The van der Waals surface area contributed by atoms with E-state index in [1.807, 2.05) is 0 Å². The van der Waals surface area contributed by atoms with Crippen LogP contribution in [0.25, 0.3) is 0 Å². The van der Waals surface area contributed by atoms with Crippen LogP contribution in [0.15, 0.2) is 60.8 Å². The highest BCUT2D eigenvalue weighted by atomic mass is 16.7. The van der Waals surface area contributed by atoms with Gasteiger partial charge in [-0.1, -0.05) is 242 Å². The zero-order chi connectivity index (χ0) is 49.2. The van der Waals surface area contributed by atoms with Crippen LogP contribution >= 0.6 is 0 Å². The van der Waals surface area contributed by atoms with E-state index in [0.29, 0.717) is 13.0 Å². The van der Waals surface area contributed by atoms with E-state index in [2.05, 4.69) is 74.6 Å². The van der Waals surface area contributed by atoms with Crippen LogP contribution in [0.4, 0.5) is 0 Å². The average Bonchev–Trinajstić information content (AvgIpc) is 3.34. The summed E-state index contributed by atoms with van der Waals surface area (Å²) in [6, 6.07) is 0. The summed E-state index contributed by atoms with van der Waals surface area (Å²) in [6.07, 6.45) is 58.3. The average molecular weight is 959 g/mol. The fraction of sp³-hybridized carbons (Fsp3) is 0.814. The number of hydrogen-bond acceptors (Lipinski definition) is 9. The number of carbonyl (C=O) groups is 1. The molecule has 1 saturated heterocycles. The molecule has 396 valence electrons. The van der Waals surface area contributed by atoms with Crippen LogP contribution in [0.2, 0.25) is 0 Å². The van der Waals surface area contributed by atoms with E-state index in [4.69, 9.17) is 18.9 Å². The number of hydrogen-bond donors (Lipinski definition) is 4. The van der Waals surface area contributed by atoms with E-state index in [1.165, 1.54) is 161 Å². The van der Waals surface area contributed by atoms with Crippen LogP contribution in [0.3, 0.4) is 0 Å². The molecular weight excluding hydrogens is 853 g/mol. The lowest BCUT2D eigenvalue weighted by Gasteiger charge is -2.39. The summed E-state index contributed by atoms with van der Waals surface area (Å²) < 4.78 is 23.0. The Morgan fingerprint density at radius 3 is 1.35 bits per heavy atom. The molecule has 0 aromatic carbocycles. The minimum atomic E-state index is -1.54. The fourth-order valence-corrected chi connectivity index (χ4v) is 8.58. The van der Waals surface area contributed by atoms with Gasteiger partial charge in [0, 0.05) is 13.0 Å². The van der Waals surface area contributed by atoms with Crippen molar-refractivity contribution in [3.05, 3.63) is 60.8 Å². The molecule has 1 fully saturated rings. The molecule has 0 aromatic rings. The van der Waals surface area contributed by atoms with Gasteiger partial charge >= 0.3 is 5.97 Å². The number of aliphatic hydroxyl groups is 4. The highest BCUT2D eigenvalue weighted by Crippen LogP contribution is 2.23. The number of allylic oxidation sites excluding steroid dienone is 10. The standard InChI is InChI=1S/C59H106O9/c1-3-5-7-9-11-13-15-17-19-21-23-24-25-26-27-28-29-31-33-35-37-39-41-43-45-47-49-65-51-53(52-66-59-58(64)57(63)56(62)54(50-60)68-59)67-55(61)48-46-44-42-40-38-36-34-32-30-22-20-18-16-14-12-10-8-6-4-2/h5,7,11,13,17,19,23-24,26-27,53-54,56-60,62-64H,3-4,6,8-10,12,14-16,18,20-22,25,28-52H2,1-2H3/b7-5-,13-11-,19-17-,24-23-,27-26-. The Morgan fingerprint density at radius 1 is 0.485 bits per heavy atom. The summed E-state index contributed by atoms with van der Waals surface area (Å²) in [5.41, 5.74) is 0. The van der Waals surface area contributed by atoms with Crippen molar-refractivity contribution in [2.45, 2.75) is 282 Å². The number of esters is 1. The molecule has 0 amide bonds. The molecule has 6 unspecified atom stereocenters. The molecule has 0 aliphatic carbocycles. The van der Waals surface area contributed by atoms with Gasteiger partial charge in [-0.25, -0.2) is 0 Å². The predicted molar refractivity (Wildman–Crippen MR) is 284 cm³/mol. The van der Waals surface area contributed by atoms with Gasteiger partial charge < -0.3 is 39.4 Å². The van der Waals surface area contributed by atoms with E-state index < -0.39 is 43.4 Å². The molecule has 1 aliphatic heterocycles. The molecule has 0 saturated carbocycles. The van der Waals surface area contributed by atoms with E-state index in [-0.39, 0.29) is 19.2 Å². The van der Waals surface area contributed by atoms with Crippen LogP contribution in [0, 0.1) is 0 Å². The first kappa shape index (κ1) is 63.9. The van der Waals surface area contributed by atoms with E-state index >= 15 is 0 Å². The number of carbonyl (C=O) groups excluding carboxylic acids is 1. The molecule has 1 rings (SSSR count). The normalized spacial score (nSPS) is 19.5. The highest BCUT2D eigenvalue weighted by molar-refractivity contribution is 5.69. The lowest BCUT2D eigenvalue weighted by Crippen LogP contribution is -2.59. The fourth-order valence-electron chi connectivity index (χ4n) is 8.58. The van der Waals surface area contributed by atoms with Crippen molar-refractivity contribution < 1.29 is 44.2 Å². The van der Waals surface area contributed by atoms with Crippen LogP contribution in [0.5, 0.6) is 0 Å². The summed E-state index contributed by atoms with van der Waals surface area (Å²) in [5.74, 6) is -0.312. The third-order valence-electron chi connectivity index (χ3n) is 12.9. The highest BCUT2D eigenvalue weighted by Gasteiger charge is 2.44. The zero-order valence-corrected chi connectivity index (χ0v) is 43.9. The summed E-state index contributed by atoms with van der Waals surface area (Å²) in [7, 11) is 0. The first-order valence-electron chi connectivity index (χ1n) is 28.4. The van der Waals surface area contributed by atoms with E-state index in [1.54, 1.807) is 0 Å². The van der Waals surface area contributed by atoms with Gasteiger partial charge in [0.25, 0.3) is 0 Å². The molecule has 0 aromatic heterocycles. The van der Waals surface area contributed by atoms with Crippen molar-refractivity contribution in [1.29, 1.82) is 0 Å². The van der Waals surface area contributed by atoms with Gasteiger partial charge in [0.15, 0.2) is 6.29 Å². The molecule has 9 heteroatoms. The van der Waals surface area contributed by atoms with E-state index in [9.17, 15) is 25.2 Å². The zero-order valence-electron chi connectivity index (χ0n) is 43.9. The van der Waals surface area contributed by atoms with Gasteiger partial charge in [0.1, 0.15) is 30.5 Å². The van der Waals surface area contributed by atoms with Gasteiger partial charge in [-0.15, -0.1) is 0 Å². The topological polar surface area (TPSA) is 135 Å². The van der Waals surface area contributed by atoms with Crippen molar-refractivity contribution in [3.63, 3.8) is 0 Å². The van der Waals surface area contributed by atoms with Gasteiger partial charge in [-0.2, -0.15) is 0 Å². The Kier molecular flexibility index (Phi) is 46.9. The summed E-state index contributed by atoms with van der Waals surface area (Å²) >= 11 is 0. The number of aliphatic hydroxyl groups excluding tert-OH is 4. The third-order valence-corrected chi connectivity index (χ3v) is 12.9. The molecule has 9 nitrogen and oxygen atoms in total. The number of ether oxygens (including phenoxy) is 4. The van der Waals surface area contributed by atoms with Crippen molar-refractivity contribution in [2.75, 3.05) is 26.4 Å². The smallest absolute Gasteiger partial charge is 0.306 e. The molecule has 1 aliphatic rings. The van der Waals surface area contributed by atoms with Crippen LogP contribution in [-0.4, -0.2) is 89.6 Å². The van der Waals surface area contributed by atoms with Crippen LogP contribution in [0.1, 0.15) is 245 Å². The first-order chi connectivity index (χ1) is 33.4. The van der Waals surface area contributed by atoms with Crippen molar-refractivity contribution >= 4 is 5.97 Å². The molecule has 68 heavy (non-hydrogen) atoms. The molecule has 1 heterocycles. The minimum Gasteiger partial charge on any atom is -0.457 e. The maximum Gasteiger partial charge on any atom is 0.306 e. The maximum atomic E-state index is 12.9. The summed E-state index contributed by atoms with van der Waals surface area (Å²) in [4.78, 5) is 12.9. The van der Waals surface area contributed by atoms with Crippen LogP contribution in [-0.2, 0) is 23.7 Å². The number of unbranched alkanes of at least 4 members (excludes halogenated alkanes) is 28. The molecule has 0 spiro atoms. The molecule has 0 bridgehead atoms. The monoisotopic (exact) mass is 959 g/mol. The van der Waals surface area contributed by atoms with Crippen molar-refractivity contribution in [2.24, 2.45) is 0 Å². The Labute approximate surface area is 417 Å². The SMILES string of the molecule is CC/C=C\C/C=C\C/C=C\C/C=C\C/C=C\CCCCCCCCCCCCOCC(COC1OC(CO)C(O)C(O)C1O)OC(=O)CCCCCCCCCCCCCCCCCCCCC. The summed E-state index contributed by atoms with van der Waals surface area (Å²) in [6.45, 7) is 4.47. The van der Waals surface area contributed by atoms with E-state index in [0.717, 1.165) is 64.2 Å². The predicted octanol–water partition coefficient (Wildman–Crippen LogP) is 14.6. The van der Waals surface area contributed by atoms with Gasteiger partial charge in [0.05, 0.1) is 19.8 Å². The second kappa shape index (κ2) is 49.9. The van der Waals surface area contributed by atoms with Gasteiger partial charge in [-0.3, -0.25) is 4.79 Å². The quantitative estimate of drug-likeness (QED) is 0.0267. The Hall–Kier alpha value is -2.11. The molecule has 0 radical (unpaired) electrons. The molecule has 6 atom stereocenters.